The van der Waals surface area contributed by atoms with E-state index in [1.54, 1.807) is 0 Å². The SMILES string of the molecule is c1ccc(-c2cc3cc4c(cc(-c5ccccc5)c5c4ccc4c6ccccc6oc45)cc3c3ccc4c5ccccc5oc4c23)cc1. The van der Waals surface area contributed by atoms with Crippen LogP contribution in [0.3, 0.4) is 0 Å². The number of furan rings is 2. The maximum Gasteiger partial charge on any atom is 0.143 e. The van der Waals surface area contributed by atoms with Crippen LogP contribution in [0.1, 0.15) is 0 Å². The van der Waals surface area contributed by atoms with Crippen molar-refractivity contribution in [3.63, 3.8) is 0 Å². The molecule has 48 heavy (non-hydrogen) atoms. The maximum absolute atomic E-state index is 6.65. The Hall–Kier alpha value is -6.38. The largest absolute Gasteiger partial charge is 0.455 e. The molecule has 0 aliphatic heterocycles. The van der Waals surface area contributed by atoms with E-state index in [0.717, 1.165) is 54.6 Å². The fourth-order valence-electron chi connectivity index (χ4n) is 8.05. The van der Waals surface area contributed by atoms with Crippen LogP contribution < -0.4 is 0 Å². The highest BCUT2D eigenvalue weighted by molar-refractivity contribution is 6.30. The summed E-state index contributed by atoms with van der Waals surface area (Å²) in [4.78, 5) is 0. The summed E-state index contributed by atoms with van der Waals surface area (Å²) in [7, 11) is 0. The van der Waals surface area contributed by atoms with Crippen molar-refractivity contribution in [3.05, 3.63) is 158 Å². The lowest BCUT2D eigenvalue weighted by molar-refractivity contribution is 0.672. The minimum absolute atomic E-state index is 0.911. The monoisotopic (exact) mass is 610 g/mol. The molecule has 0 N–H and O–H groups in total. The molecule has 2 heterocycles. The third-order valence-electron chi connectivity index (χ3n) is 10.2. The number of rotatable bonds is 2. The van der Waals surface area contributed by atoms with Gasteiger partial charge in [0, 0.05) is 32.3 Å². The van der Waals surface area contributed by atoms with Gasteiger partial charge in [-0.1, -0.05) is 109 Å². The zero-order valence-corrected chi connectivity index (χ0v) is 25.8. The molecule has 0 amide bonds. The Kier molecular flexibility index (Phi) is 5.14. The van der Waals surface area contributed by atoms with E-state index in [-0.39, 0.29) is 0 Å². The van der Waals surface area contributed by atoms with Crippen molar-refractivity contribution in [1.82, 2.24) is 0 Å². The Balaban J connectivity index is 1.32. The molecule has 0 bridgehead atoms. The second-order valence-electron chi connectivity index (χ2n) is 12.8. The first-order valence-electron chi connectivity index (χ1n) is 16.4. The van der Waals surface area contributed by atoms with E-state index in [9.17, 15) is 0 Å². The van der Waals surface area contributed by atoms with Gasteiger partial charge < -0.3 is 8.83 Å². The molecule has 2 heteroatoms. The average Bonchev–Trinajstić information content (AvgIpc) is 3.73. The van der Waals surface area contributed by atoms with E-state index in [4.69, 9.17) is 8.83 Å². The first-order chi connectivity index (χ1) is 23.8. The minimum atomic E-state index is 0.911. The molecule has 2 aromatic heterocycles. The Morgan fingerprint density at radius 1 is 0.292 bits per heavy atom. The van der Waals surface area contributed by atoms with Crippen LogP contribution >= 0.6 is 0 Å². The molecular weight excluding hydrogens is 585 g/mol. The van der Waals surface area contributed by atoms with E-state index < -0.39 is 0 Å². The molecule has 11 aromatic rings. The van der Waals surface area contributed by atoms with Crippen molar-refractivity contribution in [2.24, 2.45) is 0 Å². The third-order valence-corrected chi connectivity index (χ3v) is 10.2. The molecule has 0 saturated carbocycles. The molecular formula is C46H26O2. The van der Waals surface area contributed by atoms with E-state index in [2.05, 4.69) is 146 Å². The van der Waals surface area contributed by atoms with Gasteiger partial charge in [0.1, 0.15) is 22.3 Å². The zero-order chi connectivity index (χ0) is 31.3. The maximum atomic E-state index is 6.65. The van der Waals surface area contributed by atoms with Crippen LogP contribution in [0.15, 0.2) is 167 Å². The van der Waals surface area contributed by atoms with Crippen molar-refractivity contribution in [3.8, 4) is 22.3 Å². The van der Waals surface area contributed by atoms with Crippen LogP contribution in [0.4, 0.5) is 0 Å². The van der Waals surface area contributed by atoms with Crippen LogP contribution in [0, 0.1) is 0 Å². The second-order valence-corrected chi connectivity index (χ2v) is 12.8. The molecule has 2 nitrogen and oxygen atoms in total. The lowest BCUT2D eigenvalue weighted by atomic mass is 9.88. The van der Waals surface area contributed by atoms with E-state index >= 15 is 0 Å². The summed E-state index contributed by atoms with van der Waals surface area (Å²) in [5.41, 5.74) is 8.38. The fourth-order valence-corrected chi connectivity index (χ4v) is 8.05. The number of fused-ring (bicyclic) bond motifs is 14. The molecule has 222 valence electrons. The Labute approximate surface area is 275 Å². The van der Waals surface area contributed by atoms with Gasteiger partial charge in [0.25, 0.3) is 0 Å². The van der Waals surface area contributed by atoms with Crippen LogP contribution in [-0.2, 0) is 0 Å². The van der Waals surface area contributed by atoms with E-state index in [1.807, 2.05) is 12.1 Å². The highest BCUT2D eigenvalue weighted by atomic mass is 16.3. The first kappa shape index (κ1) is 25.8. The van der Waals surface area contributed by atoms with Crippen molar-refractivity contribution >= 4 is 87.0 Å². The fraction of sp³-hybridized carbons (Fsp3) is 0. The third kappa shape index (κ3) is 3.52. The van der Waals surface area contributed by atoms with Gasteiger partial charge in [0.05, 0.1) is 0 Å². The minimum Gasteiger partial charge on any atom is -0.455 e. The number of benzene rings is 9. The van der Waals surface area contributed by atoms with Crippen molar-refractivity contribution in [2.45, 2.75) is 0 Å². The predicted molar refractivity (Wildman–Crippen MR) is 202 cm³/mol. The molecule has 11 rings (SSSR count). The Morgan fingerprint density at radius 3 is 1.15 bits per heavy atom. The van der Waals surface area contributed by atoms with Gasteiger partial charge in [-0.05, 0) is 103 Å². The van der Waals surface area contributed by atoms with Crippen LogP contribution in [0.25, 0.3) is 109 Å². The molecule has 0 radical (unpaired) electrons. The number of hydrogen-bond acceptors (Lipinski definition) is 2. The smallest absolute Gasteiger partial charge is 0.143 e. The van der Waals surface area contributed by atoms with Gasteiger partial charge in [0.2, 0.25) is 0 Å². The molecule has 0 fully saturated rings. The quantitative estimate of drug-likeness (QED) is 0.144. The van der Waals surface area contributed by atoms with E-state index in [1.165, 1.54) is 54.6 Å². The van der Waals surface area contributed by atoms with Gasteiger partial charge in [-0.2, -0.15) is 0 Å². The highest BCUT2D eigenvalue weighted by Gasteiger charge is 2.20. The van der Waals surface area contributed by atoms with Crippen LogP contribution in [-0.4, -0.2) is 0 Å². The second kappa shape index (κ2) is 9.57. The molecule has 0 unspecified atom stereocenters. The first-order valence-corrected chi connectivity index (χ1v) is 16.4. The summed E-state index contributed by atoms with van der Waals surface area (Å²) < 4.78 is 13.3. The van der Waals surface area contributed by atoms with Gasteiger partial charge in [-0.25, -0.2) is 0 Å². The molecule has 9 aromatic carbocycles. The summed E-state index contributed by atoms with van der Waals surface area (Å²) in [6, 6.07) is 56.6. The zero-order valence-electron chi connectivity index (χ0n) is 25.8. The molecule has 0 atom stereocenters. The van der Waals surface area contributed by atoms with Crippen molar-refractivity contribution < 1.29 is 8.83 Å². The lowest BCUT2D eigenvalue weighted by Gasteiger charge is -2.15. The summed E-state index contributed by atoms with van der Waals surface area (Å²) >= 11 is 0. The number of hydrogen-bond donors (Lipinski definition) is 0. The topological polar surface area (TPSA) is 26.3 Å². The lowest BCUT2D eigenvalue weighted by Crippen LogP contribution is -1.89. The van der Waals surface area contributed by atoms with Crippen LogP contribution in [0.5, 0.6) is 0 Å². The standard InChI is InChI=1S/C46H26O2/c1-3-11-27(12-4-1)39-25-29-23-38-30(24-37(29)33-19-21-35-31-15-7-9-17-41(31)47-45(35)43(33)39)26-40(28-13-5-2-6-14-28)44-34(38)20-22-36-32-16-8-10-18-42(32)48-46(36)44/h1-26H. The van der Waals surface area contributed by atoms with Gasteiger partial charge in [-0.3, -0.25) is 0 Å². The number of para-hydroxylation sites is 2. The van der Waals surface area contributed by atoms with Crippen LogP contribution in [0.2, 0.25) is 0 Å². The van der Waals surface area contributed by atoms with Crippen molar-refractivity contribution in [1.29, 1.82) is 0 Å². The summed E-state index contributed by atoms with van der Waals surface area (Å²) in [6.45, 7) is 0. The van der Waals surface area contributed by atoms with Crippen molar-refractivity contribution in [2.75, 3.05) is 0 Å². The molecule has 0 saturated heterocycles. The normalized spacial score (nSPS) is 12.2. The average molecular weight is 611 g/mol. The summed E-state index contributed by atoms with van der Waals surface area (Å²) in [5, 5.41) is 14.1. The highest BCUT2D eigenvalue weighted by Crippen LogP contribution is 2.46. The molecule has 0 aliphatic rings. The molecule has 0 aliphatic carbocycles. The van der Waals surface area contributed by atoms with E-state index in [0.29, 0.717) is 0 Å². The van der Waals surface area contributed by atoms with Gasteiger partial charge >= 0.3 is 0 Å². The van der Waals surface area contributed by atoms with Gasteiger partial charge in [0.15, 0.2) is 0 Å². The predicted octanol–water partition coefficient (Wildman–Crippen LogP) is 13.4. The van der Waals surface area contributed by atoms with Gasteiger partial charge in [-0.15, -0.1) is 0 Å². The Bertz CT molecular complexity index is 2880. The summed E-state index contributed by atoms with van der Waals surface area (Å²) in [5.74, 6) is 0. The Morgan fingerprint density at radius 2 is 0.688 bits per heavy atom. The molecule has 0 spiro atoms. The summed E-state index contributed by atoms with van der Waals surface area (Å²) in [6.07, 6.45) is 0.